The van der Waals surface area contributed by atoms with Gasteiger partial charge in [-0.2, -0.15) is 10.1 Å². The van der Waals surface area contributed by atoms with Gasteiger partial charge in [-0.15, -0.1) is 11.8 Å². The summed E-state index contributed by atoms with van der Waals surface area (Å²) in [6.45, 7) is 2.99. The molecule has 152 valence electrons. The summed E-state index contributed by atoms with van der Waals surface area (Å²) in [6, 6.07) is 12.8. The molecule has 29 heavy (non-hydrogen) atoms. The second-order valence-electron chi connectivity index (χ2n) is 6.65. The van der Waals surface area contributed by atoms with Gasteiger partial charge in [-0.25, -0.2) is 8.78 Å². The molecule has 1 aliphatic heterocycles. The molecule has 1 unspecified atom stereocenters. The van der Waals surface area contributed by atoms with Crippen molar-refractivity contribution in [2.45, 2.75) is 31.1 Å². The zero-order chi connectivity index (χ0) is 21.2. The molecule has 0 radical (unpaired) electrons. The number of alkyl halides is 2. The third-order valence-electron chi connectivity index (χ3n) is 4.71. The van der Waals surface area contributed by atoms with Crippen molar-refractivity contribution in [3.05, 3.63) is 54.1 Å². The molecule has 1 heterocycles. The van der Waals surface area contributed by atoms with Crippen LogP contribution in [0.15, 0.2) is 58.5 Å². The van der Waals surface area contributed by atoms with Crippen molar-refractivity contribution in [1.82, 2.24) is 0 Å². The van der Waals surface area contributed by atoms with E-state index in [-0.39, 0.29) is 17.7 Å². The first kappa shape index (κ1) is 21.0. The van der Waals surface area contributed by atoms with Gasteiger partial charge in [0.05, 0.1) is 11.4 Å². The number of carbonyl (C=O) groups is 2. The predicted molar refractivity (Wildman–Crippen MR) is 112 cm³/mol. The van der Waals surface area contributed by atoms with Gasteiger partial charge in [-0.3, -0.25) is 9.59 Å². The lowest BCUT2D eigenvalue weighted by Crippen LogP contribution is -2.36. The van der Waals surface area contributed by atoms with Crippen LogP contribution in [0, 0.1) is 5.92 Å². The van der Waals surface area contributed by atoms with Gasteiger partial charge >= 0.3 is 0 Å². The monoisotopic (exact) mass is 417 g/mol. The Morgan fingerprint density at radius 1 is 1.24 bits per heavy atom. The van der Waals surface area contributed by atoms with E-state index in [1.807, 2.05) is 18.4 Å². The summed E-state index contributed by atoms with van der Waals surface area (Å²) >= 11 is 1.58. The normalized spacial score (nSPS) is 16.7. The Labute approximate surface area is 172 Å². The fourth-order valence-electron chi connectivity index (χ4n) is 3.02. The largest absolute Gasteiger partial charge is 0.325 e. The van der Waals surface area contributed by atoms with Crippen LogP contribution in [-0.2, 0) is 15.5 Å². The second kappa shape index (κ2) is 8.32. The number of anilines is 2. The molecule has 0 fully saturated rings. The average Bonchev–Trinajstić information content (AvgIpc) is 3.02. The van der Waals surface area contributed by atoms with Crippen LogP contribution in [0.5, 0.6) is 0 Å². The Kier molecular flexibility index (Phi) is 6.02. The van der Waals surface area contributed by atoms with E-state index < -0.39 is 23.7 Å². The molecule has 1 atom stereocenters. The van der Waals surface area contributed by atoms with Gasteiger partial charge in [0, 0.05) is 22.6 Å². The van der Waals surface area contributed by atoms with Gasteiger partial charge in [-0.1, -0.05) is 19.1 Å². The number of thioether (sulfide) groups is 1. The molecular weight excluding hydrogens is 396 g/mol. The van der Waals surface area contributed by atoms with Crippen LogP contribution < -0.4 is 10.3 Å². The number of hydrogen-bond donors (Lipinski definition) is 1. The first-order valence-corrected chi connectivity index (χ1v) is 10.3. The molecule has 0 bridgehead atoms. The topological polar surface area (TPSA) is 61.8 Å². The van der Waals surface area contributed by atoms with Gasteiger partial charge in [-0.05, 0) is 49.6 Å². The van der Waals surface area contributed by atoms with Gasteiger partial charge in [0.2, 0.25) is 5.91 Å². The van der Waals surface area contributed by atoms with Crippen LogP contribution in [0.25, 0.3) is 0 Å². The smallest absolute Gasteiger partial charge is 0.273 e. The minimum Gasteiger partial charge on any atom is -0.325 e. The zero-order valence-electron chi connectivity index (χ0n) is 16.3. The minimum absolute atomic E-state index is 0.184. The maximum absolute atomic E-state index is 13.9. The molecular formula is C21H21F2N3O2S. The van der Waals surface area contributed by atoms with Crippen molar-refractivity contribution in [2.75, 3.05) is 16.6 Å². The summed E-state index contributed by atoms with van der Waals surface area (Å²) in [5, 5.41) is 7.99. The lowest BCUT2D eigenvalue weighted by Gasteiger charge is -2.17. The fraction of sp³-hybridized carbons (Fsp3) is 0.286. The number of nitrogens with zero attached hydrogens (tertiary/aromatic N) is 2. The number of carbonyl (C=O) groups excluding carboxylic acids is 2. The van der Waals surface area contributed by atoms with Crippen LogP contribution >= 0.6 is 11.8 Å². The SMILES string of the molecule is CCC(F)(F)c1cccc(NC(=O)C2C(=O)N(c3ccc(SC)cc3)N=C2C)c1. The number of rotatable bonds is 6. The van der Waals surface area contributed by atoms with E-state index in [1.54, 1.807) is 30.8 Å². The first-order chi connectivity index (χ1) is 13.8. The fourth-order valence-corrected chi connectivity index (χ4v) is 3.43. The van der Waals surface area contributed by atoms with Gasteiger partial charge in [0.15, 0.2) is 5.92 Å². The minimum atomic E-state index is -2.99. The zero-order valence-corrected chi connectivity index (χ0v) is 17.1. The molecule has 5 nitrogen and oxygen atoms in total. The number of hydrogen-bond acceptors (Lipinski definition) is 4. The second-order valence-corrected chi connectivity index (χ2v) is 7.53. The van der Waals surface area contributed by atoms with Crippen molar-refractivity contribution in [3.63, 3.8) is 0 Å². The van der Waals surface area contributed by atoms with E-state index >= 15 is 0 Å². The quantitative estimate of drug-likeness (QED) is 0.538. The summed E-state index contributed by atoms with van der Waals surface area (Å²) in [5.41, 5.74) is 0.934. The van der Waals surface area contributed by atoms with Crippen LogP contribution in [-0.4, -0.2) is 23.8 Å². The number of amides is 2. The van der Waals surface area contributed by atoms with E-state index in [0.29, 0.717) is 11.4 Å². The molecule has 2 aromatic rings. The Hall–Kier alpha value is -2.74. The van der Waals surface area contributed by atoms with Crippen LogP contribution in [0.4, 0.5) is 20.2 Å². The summed E-state index contributed by atoms with van der Waals surface area (Å²) in [7, 11) is 0. The van der Waals surface area contributed by atoms with Crippen LogP contribution in [0.2, 0.25) is 0 Å². The Bertz CT molecular complexity index is 961. The lowest BCUT2D eigenvalue weighted by molar-refractivity contribution is -0.127. The molecule has 0 saturated carbocycles. The summed E-state index contributed by atoms with van der Waals surface area (Å²) < 4.78 is 27.9. The highest BCUT2D eigenvalue weighted by Crippen LogP contribution is 2.33. The van der Waals surface area contributed by atoms with Crippen LogP contribution in [0.1, 0.15) is 25.8 Å². The lowest BCUT2D eigenvalue weighted by atomic mass is 10.0. The van der Waals surface area contributed by atoms with Crippen LogP contribution in [0.3, 0.4) is 0 Å². The maximum Gasteiger partial charge on any atom is 0.273 e. The summed E-state index contributed by atoms with van der Waals surface area (Å²) in [6.07, 6.45) is 1.60. The standard InChI is InChI=1S/C21H21F2N3O2S/c1-4-21(22,23)14-6-5-7-15(12-14)24-19(27)18-13(2)25-26(20(18)28)16-8-10-17(29-3)11-9-16/h5-12,18H,4H2,1-3H3,(H,24,27). The van der Waals surface area contributed by atoms with Gasteiger partial charge in [0.1, 0.15) is 0 Å². The first-order valence-electron chi connectivity index (χ1n) is 9.09. The average molecular weight is 417 g/mol. The highest BCUT2D eigenvalue weighted by atomic mass is 32.2. The Balaban J connectivity index is 1.77. The third kappa shape index (κ3) is 4.32. The third-order valence-corrected chi connectivity index (χ3v) is 5.45. The van der Waals surface area contributed by atoms with Gasteiger partial charge < -0.3 is 5.32 Å². The molecule has 2 amide bonds. The van der Waals surface area contributed by atoms with E-state index in [9.17, 15) is 18.4 Å². The van der Waals surface area contributed by atoms with Crippen molar-refractivity contribution < 1.29 is 18.4 Å². The summed E-state index contributed by atoms with van der Waals surface area (Å²) in [5.74, 6) is -5.17. The maximum atomic E-state index is 13.9. The Morgan fingerprint density at radius 3 is 2.55 bits per heavy atom. The molecule has 2 aromatic carbocycles. The summed E-state index contributed by atoms with van der Waals surface area (Å²) in [4.78, 5) is 26.6. The molecule has 0 spiro atoms. The van der Waals surface area contributed by atoms with Crippen molar-refractivity contribution >= 4 is 40.7 Å². The number of benzene rings is 2. The van der Waals surface area contributed by atoms with Gasteiger partial charge in [0.25, 0.3) is 11.8 Å². The highest BCUT2D eigenvalue weighted by molar-refractivity contribution is 7.98. The number of hydrazone groups is 1. The van der Waals surface area contributed by atoms with E-state index in [0.717, 1.165) is 4.90 Å². The molecule has 1 aliphatic rings. The molecule has 0 saturated heterocycles. The molecule has 3 rings (SSSR count). The number of halogens is 2. The van der Waals surface area contributed by atoms with Crippen molar-refractivity contribution in [2.24, 2.45) is 11.0 Å². The number of nitrogens with one attached hydrogen (secondary N) is 1. The van der Waals surface area contributed by atoms with E-state index in [2.05, 4.69) is 10.4 Å². The highest BCUT2D eigenvalue weighted by Gasteiger charge is 2.40. The Morgan fingerprint density at radius 2 is 1.93 bits per heavy atom. The molecule has 8 heteroatoms. The predicted octanol–water partition coefficient (Wildman–Crippen LogP) is 4.89. The molecule has 1 N–H and O–H groups in total. The van der Waals surface area contributed by atoms with Crippen molar-refractivity contribution in [3.8, 4) is 0 Å². The van der Waals surface area contributed by atoms with E-state index in [1.165, 1.54) is 36.2 Å². The molecule has 0 aromatic heterocycles. The molecule has 0 aliphatic carbocycles. The van der Waals surface area contributed by atoms with E-state index in [4.69, 9.17) is 0 Å². The van der Waals surface area contributed by atoms with Crippen molar-refractivity contribution in [1.29, 1.82) is 0 Å².